The summed E-state index contributed by atoms with van der Waals surface area (Å²) in [5.74, 6) is 5.76. The van der Waals surface area contributed by atoms with Crippen molar-refractivity contribution >= 4 is 0 Å². The minimum absolute atomic E-state index is 0.00175. The molecule has 2 unspecified atom stereocenters. The number of aromatic nitrogens is 1. The molecular weight excluding hydrogens is 250 g/mol. The first-order valence-electron chi connectivity index (χ1n) is 6.93. The van der Waals surface area contributed by atoms with Crippen LogP contribution < -0.4 is 11.3 Å². The van der Waals surface area contributed by atoms with Gasteiger partial charge in [0.25, 0.3) is 0 Å². The van der Waals surface area contributed by atoms with Gasteiger partial charge in [0.05, 0.1) is 18.8 Å². The second-order valence-electron chi connectivity index (χ2n) is 5.07. The summed E-state index contributed by atoms with van der Waals surface area (Å²) in [5, 5.41) is 0. The van der Waals surface area contributed by atoms with Gasteiger partial charge >= 0.3 is 0 Å². The van der Waals surface area contributed by atoms with Crippen LogP contribution in [-0.4, -0.2) is 17.6 Å². The lowest BCUT2D eigenvalue weighted by Gasteiger charge is -2.32. The molecule has 1 aliphatic rings. The molecule has 0 fully saturated rings. The van der Waals surface area contributed by atoms with E-state index in [1.54, 1.807) is 12.4 Å². The lowest BCUT2D eigenvalue weighted by molar-refractivity contribution is 0.0154. The quantitative estimate of drug-likeness (QED) is 0.656. The van der Waals surface area contributed by atoms with E-state index in [-0.39, 0.29) is 12.1 Å². The van der Waals surface area contributed by atoms with Gasteiger partial charge in [-0.15, -0.1) is 0 Å². The predicted octanol–water partition coefficient (Wildman–Crippen LogP) is 1.77. The number of hydrazine groups is 1. The summed E-state index contributed by atoms with van der Waals surface area (Å²) in [6.45, 7) is 0.746. The Labute approximate surface area is 119 Å². The third kappa shape index (κ3) is 2.72. The number of benzene rings is 1. The average Bonchev–Trinajstić information content (AvgIpc) is 2.53. The summed E-state index contributed by atoms with van der Waals surface area (Å²) >= 11 is 0. The van der Waals surface area contributed by atoms with E-state index in [0.29, 0.717) is 0 Å². The molecule has 0 spiro atoms. The van der Waals surface area contributed by atoms with E-state index in [1.165, 1.54) is 16.7 Å². The van der Waals surface area contributed by atoms with E-state index in [1.807, 2.05) is 12.1 Å². The van der Waals surface area contributed by atoms with Gasteiger partial charge in [0.2, 0.25) is 0 Å². The predicted molar refractivity (Wildman–Crippen MR) is 77.9 cm³/mol. The van der Waals surface area contributed by atoms with Gasteiger partial charge in [-0.1, -0.05) is 24.3 Å². The summed E-state index contributed by atoms with van der Waals surface area (Å²) in [6.07, 6.45) is 5.40. The molecule has 0 saturated heterocycles. The van der Waals surface area contributed by atoms with Gasteiger partial charge in [-0.2, -0.15) is 0 Å². The van der Waals surface area contributed by atoms with E-state index < -0.39 is 0 Å². The van der Waals surface area contributed by atoms with Crippen molar-refractivity contribution in [1.82, 2.24) is 10.4 Å². The zero-order valence-electron chi connectivity index (χ0n) is 11.3. The minimum Gasteiger partial charge on any atom is -0.371 e. The zero-order chi connectivity index (χ0) is 13.8. The van der Waals surface area contributed by atoms with Gasteiger partial charge < -0.3 is 4.74 Å². The van der Waals surface area contributed by atoms with E-state index in [9.17, 15) is 0 Å². The van der Waals surface area contributed by atoms with Gasteiger partial charge in [-0.3, -0.25) is 16.3 Å². The number of nitrogens with zero attached hydrogens (tertiary/aromatic N) is 1. The van der Waals surface area contributed by atoms with Crippen molar-refractivity contribution in [3.63, 3.8) is 0 Å². The summed E-state index contributed by atoms with van der Waals surface area (Å²) in [4.78, 5) is 4.04. The highest BCUT2D eigenvalue weighted by Crippen LogP contribution is 2.30. The van der Waals surface area contributed by atoms with Crippen LogP contribution in [0.15, 0.2) is 48.8 Å². The normalized spacial score (nSPS) is 19.4. The van der Waals surface area contributed by atoms with Gasteiger partial charge in [-0.05, 0) is 41.7 Å². The molecule has 0 bridgehead atoms. The Hall–Kier alpha value is -1.75. The van der Waals surface area contributed by atoms with Crippen molar-refractivity contribution in [1.29, 1.82) is 0 Å². The molecule has 3 rings (SSSR count). The summed E-state index contributed by atoms with van der Waals surface area (Å²) in [6, 6.07) is 12.5. The van der Waals surface area contributed by atoms with Gasteiger partial charge in [-0.25, -0.2) is 0 Å². The number of ether oxygens (including phenoxy) is 1. The maximum Gasteiger partial charge on any atom is 0.0997 e. The highest BCUT2D eigenvalue weighted by Gasteiger charge is 2.28. The fourth-order valence-electron chi connectivity index (χ4n) is 2.78. The van der Waals surface area contributed by atoms with E-state index in [0.717, 1.165) is 19.4 Å². The molecule has 0 aliphatic carbocycles. The van der Waals surface area contributed by atoms with Crippen molar-refractivity contribution in [3.8, 4) is 0 Å². The number of hydrogen-bond acceptors (Lipinski definition) is 4. The van der Waals surface area contributed by atoms with Crippen molar-refractivity contribution in [2.75, 3.05) is 6.61 Å². The van der Waals surface area contributed by atoms with Gasteiger partial charge in [0.1, 0.15) is 0 Å². The number of nitrogens with one attached hydrogen (secondary N) is 1. The van der Waals surface area contributed by atoms with Crippen molar-refractivity contribution in [3.05, 3.63) is 65.5 Å². The molecule has 0 saturated carbocycles. The van der Waals surface area contributed by atoms with Gasteiger partial charge in [0.15, 0.2) is 0 Å². The Kier molecular flexibility index (Phi) is 4.06. The van der Waals surface area contributed by atoms with Crippen LogP contribution in [0, 0.1) is 0 Å². The Morgan fingerprint density at radius 1 is 1.25 bits per heavy atom. The standard InChI is InChI=1S/C16H19N3O/c17-19-15(11-12-5-8-18-9-6-12)16-14-4-2-1-3-13(14)7-10-20-16/h1-6,8-9,15-16,19H,7,10-11,17H2. The Balaban J connectivity index is 1.84. The number of fused-ring (bicyclic) bond motifs is 1. The molecule has 4 heteroatoms. The molecule has 2 aromatic rings. The Morgan fingerprint density at radius 2 is 2.05 bits per heavy atom. The maximum absolute atomic E-state index is 5.97. The zero-order valence-corrected chi connectivity index (χ0v) is 11.3. The molecule has 1 aliphatic heterocycles. The average molecular weight is 269 g/mol. The lowest BCUT2D eigenvalue weighted by Crippen LogP contribution is -2.43. The molecule has 104 valence electrons. The number of hydrogen-bond donors (Lipinski definition) is 2. The van der Waals surface area contributed by atoms with Crippen LogP contribution in [-0.2, 0) is 17.6 Å². The molecular formula is C16H19N3O. The van der Waals surface area contributed by atoms with E-state index in [4.69, 9.17) is 10.6 Å². The van der Waals surface area contributed by atoms with Crippen LogP contribution >= 0.6 is 0 Å². The third-order valence-corrected chi connectivity index (χ3v) is 3.81. The largest absolute Gasteiger partial charge is 0.371 e. The molecule has 0 radical (unpaired) electrons. The van der Waals surface area contributed by atoms with Crippen LogP contribution in [0.3, 0.4) is 0 Å². The smallest absolute Gasteiger partial charge is 0.0997 e. The van der Waals surface area contributed by atoms with E-state index >= 15 is 0 Å². The number of rotatable bonds is 4. The molecule has 3 N–H and O–H groups in total. The van der Waals surface area contributed by atoms with Crippen LogP contribution in [0.25, 0.3) is 0 Å². The SMILES string of the molecule is NNC(Cc1ccncc1)C1OCCc2ccccc21. The first-order valence-corrected chi connectivity index (χ1v) is 6.93. The van der Waals surface area contributed by atoms with Crippen LogP contribution in [0.4, 0.5) is 0 Å². The number of nitrogens with two attached hydrogens (primary N) is 1. The van der Waals surface area contributed by atoms with Crippen LogP contribution in [0.5, 0.6) is 0 Å². The summed E-state index contributed by atoms with van der Waals surface area (Å²) < 4.78 is 5.97. The van der Waals surface area contributed by atoms with Crippen molar-refractivity contribution in [2.45, 2.75) is 25.0 Å². The monoisotopic (exact) mass is 269 g/mol. The Bertz CT molecular complexity index is 559. The molecule has 0 amide bonds. The lowest BCUT2D eigenvalue weighted by atomic mass is 9.91. The van der Waals surface area contributed by atoms with Crippen LogP contribution in [0.1, 0.15) is 22.8 Å². The maximum atomic E-state index is 5.97. The van der Waals surface area contributed by atoms with Crippen LogP contribution in [0.2, 0.25) is 0 Å². The second-order valence-corrected chi connectivity index (χ2v) is 5.07. The summed E-state index contributed by atoms with van der Waals surface area (Å²) in [5.41, 5.74) is 6.73. The Morgan fingerprint density at radius 3 is 2.85 bits per heavy atom. The first-order chi connectivity index (χ1) is 9.88. The van der Waals surface area contributed by atoms with Crippen molar-refractivity contribution in [2.24, 2.45) is 5.84 Å². The highest BCUT2D eigenvalue weighted by molar-refractivity contribution is 5.32. The van der Waals surface area contributed by atoms with Crippen molar-refractivity contribution < 1.29 is 4.74 Å². The molecule has 1 aromatic heterocycles. The molecule has 20 heavy (non-hydrogen) atoms. The first kappa shape index (κ1) is 13.2. The highest BCUT2D eigenvalue weighted by atomic mass is 16.5. The molecule has 1 aromatic carbocycles. The molecule has 2 heterocycles. The van der Waals surface area contributed by atoms with Gasteiger partial charge in [0, 0.05) is 12.4 Å². The minimum atomic E-state index is -0.00175. The number of pyridine rings is 1. The summed E-state index contributed by atoms with van der Waals surface area (Å²) in [7, 11) is 0. The fourth-order valence-corrected chi connectivity index (χ4v) is 2.78. The van der Waals surface area contributed by atoms with E-state index in [2.05, 4.69) is 34.7 Å². The second kappa shape index (κ2) is 6.13. The molecule has 4 nitrogen and oxygen atoms in total. The fraction of sp³-hybridized carbons (Fsp3) is 0.312. The topological polar surface area (TPSA) is 60.2 Å². The third-order valence-electron chi connectivity index (χ3n) is 3.81. The molecule has 2 atom stereocenters.